The zero-order valence-electron chi connectivity index (χ0n) is 7.59. The quantitative estimate of drug-likeness (QED) is 0.713. The van der Waals surface area contributed by atoms with Crippen molar-refractivity contribution in [2.24, 2.45) is 5.73 Å². The van der Waals surface area contributed by atoms with Crippen LogP contribution in [0, 0.1) is 0 Å². The van der Waals surface area contributed by atoms with Crippen molar-refractivity contribution < 1.29 is 0 Å². The van der Waals surface area contributed by atoms with E-state index >= 15 is 0 Å². The van der Waals surface area contributed by atoms with Crippen LogP contribution in [0.15, 0.2) is 11.6 Å². The van der Waals surface area contributed by atoms with Crippen molar-refractivity contribution in [1.82, 2.24) is 4.90 Å². The molecule has 3 heteroatoms. The first kappa shape index (κ1) is 10.0. The lowest BCUT2D eigenvalue weighted by Crippen LogP contribution is -2.45. The molecular weight excluding hydrogens is 172 g/mol. The molecule has 1 aliphatic heterocycles. The van der Waals surface area contributed by atoms with E-state index in [1.54, 1.807) is 0 Å². The van der Waals surface area contributed by atoms with Crippen LogP contribution < -0.4 is 5.73 Å². The van der Waals surface area contributed by atoms with Gasteiger partial charge in [0.1, 0.15) is 0 Å². The summed E-state index contributed by atoms with van der Waals surface area (Å²) in [5.41, 5.74) is 5.84. The number of rotatable bonds is 2. The van der Waals surface area contributed by atoms with Crippen molar-refractivity contribution in [3.8, 4) is 0 Å². The van der Waals surface area contributed by atoms with Crippen molar-refractivity contribution in [1.29, 1.82) is 0 Å². The van der Waals surface area contributed by atoms with E-state index in [2.05, 4.69) is 18.4 Å². The molecule has 1 rings (SSSR count). The van der Waals surface area contributed by atoms with Crippen LogP contribution in [0.25, 0.3) is 0 Å². The lowest BCUT2D eigenvalue weighted by Gasteiger charge is -2.36. The number of likely N-dealkylation sites (tertiary alicyclic amines) is 1. The van der Waals surface area contributed by atoms with Crippen LogP contribution in [0.4, 0.5) is 0 Å². The van der Waals surface area contributed by atoms with Crippen LogP contribution in [0.3, 0.4) is 0 Å². The van der Waals surface area contributed by atoms with Crippen molar-refractivity contribution in [2.45, 2.75) is 31.8 Å². The lowest BCUT2D eigenvalue weighted by molar-refractivity contribution is 0.163. The molecule has 1 fully saturated rings. The molecule has 1 saturated heterocycles. The Kier molecular flexibility index (Phi) is 3.56. The largest absolute Gasteiger partial charge is 0.328 e. The van der Waals surface area contributed by atoms with Crippen LogP contribution in [-0.4, -0.2) is 30.1 Å². The van der Waals surface area contributed by atoms with Gasteiger partial charge in [0.25, 0.3) is 0 Å². The number of nitrogens with two attached hydrogens (primary N) is 1. The van der Waals surface area contributed by atoms with Gasteiger partial charge in [0, 0.05) is 30.2 Å². The molecule has 2 unspecified atom stereocenters. The summed E-state index contributed by atoms with van der Waals surface area (Å²) >= 11 is 5.75. The van der Waals surface area contributed by atoms with Gasteiger partial charge in [0.15, 0.2) is 0 Å². The SMILES string of the molecule is C=C(Cl)CN1CCC(N)CC1C. The van der Waals surface area contributed by atoms with Crippen molar-refractivity contribution in [3.63, 3.8) is 0 Å². The number of piperidine rings is 1. The maximum atomic E-state index is 5.84. The third kappa shape index (κ3) is 2.77. The van der Waals surface area contributed by atoms with Crippen LogP contribution in [0.5, 0.6) is 0 Å². The Balaban J connectivity index is 2.39. The average molecular weight is 189 g/mol. The van der Waals surface area contributed by atoms with Crippen molar-refractivity contribution >= 4 is 11.6 Å². The van der Waals surface area contributed by atoms with Gasteiger partial charge >= 0.3 is 0 Å². The number of hydrogen-bond donors (Lipinski definition) is 1. The normalized spacial score (nSPS) is 31.9. The third-order valence-electron chi connectivity index (χ3n) is 2.43. The van der Waals surface area contributed by atoms with Crippen LogP contribution >= 0.6 is 11.6 Å². The lowest BCUT2D eigenvalue weighted by atomic mass is 9.99. The monoisotopic (exact) mass is 188 g/mol. The predicted molar refractivity (Wildman–Crippen MR) is 53.2 cm³/mol. The maximum Gasteiger partial charge on any atom is 0.0338 e. The Morgan fingerprint density at radius 2 is 2.42 bits per heavy atom. The number of halogens is 1. The highest BCUT2D eigenvalue weighted by atomic mass is 35.5. The summed E-state index contributed by atoms with van der Waals surface area (Å²) in [6.45, 7) is 7.74. The molecule has 0 bridgehead atoms. The second kappa shape index (κ2) is 4.26. The minimum atomic E-state index is 0.375. The fourth-order valence-corrected chi connectivity index (χ4v) is 1.87. The molecular formula is C9H17ClN2. The summed E-state index contributed by atoms with van der Waals surface area (Å²) in [7, 11) is 0. The van der Waals surface area contributed by atoms with Gasteiger partial charge in [-0.15, -0.1) is 0 Å². The summed E-state index contributed by atoms with van der Waals surface area (Å²) in [6, 6.07) is 0.920. The topological polar surface area (TPSA) is 29.3 Å². The van der Waals surface area contributed by atoms with E-state index in [0.717, 1.165) is 31.0 Å². The first-order valence-corrected chi connectivity index (χ1v) is 4.80. The fourth-order valence-electron chi connectivity index (χ4n) is 1.71. The highest BCUT2D eigenvalue weighted by Gasteiger charge is 2.22. The minimum Gasteiger partial charge on any atom is -0.328 e. The minimum absolute atomic E-state index is 0.375. The molecule has 0 radical (unpaired) electrons. The highest BCUT2D eigenvalue weighted by molar-refractivity contribution is 6.29. The van der Waals surface area contributed by atoms with Gasteiger partial charge < -0.3 is 5.73 Å². The van der Waals surface area contributed by atoms with Gasteiger partial charge in [-0.2, -0.15) is 0 Å². The first-order valence-electron chi connectivity index (χ1n) is 4.42. The van der Waals surface area contributed by atoms with Crippen LogP contribution in [0.2, 0.25) is 0 Å². The Labute approximate surface area is 79.4 Å². The van der Waals surface area contributed by atoms with Crippen LogP contribution in [0.1, 0.15) is 19.8 Å². The molecule has 0 spiro atoms. The van der Waals surface area contributed by atoms with E-state index in [0.29, 0.717) is 12.1 Å². The van der Waals surface area contributed by atoms with Gasteiger partial charge in [0.05, 0.1) is 0 Å². The first-order chi connectivity index (χ1) is 5.59. The predicted octanol–water partition coefficient (Wildman–Crippen LogP) is 1.55. The second-order valence-electron chi connectivity index (χ2n) is 3.62. The highest BCUT2D eigenvalue weighted by Crippen LogP contribution is 2.17. The Morgan fingerprint density at radius 3 is 2.92 bits per heavy atom. The van der Waals surface area contributed by atoms with E-state index < -0.39 is 0 Å². The van der Waals surface area contributed by atoms with E-state index in [9.17, 15) is 0 Å². The molecule has 2 N–H and O–H groups in total. The van der Waals surface area contributed by atoms with Gasteiger partial charge in [-0.1, -0.05) is 18.2 Å². The molecule has 1 heterocycles. The molecule has 2 nitrogen and oxygen atoms in total. The Hall–Kier alpha value is -0.0500. The van der Waals surface area contributed by atoms with Gasteiger partial charge in [-0.25, -0.2) is 0 Å². The van der Waals surface area contributed by atoms with Crippen molar-refractivity contribution in [2.75, 3.05) is 13.1 Å². The molecule has 0 aromatic rings. The molecule has 12 heavy (non-hydrogen) atoms. The average Bonchev–Trinajstić information content (AvgIpc) is 1.94. The third-order valence-corrected chi connectivity index (χ3v) is 2.55. The summed E-state index contributed by atoms with van der Waals surface area (Å²) in [5.74, 6) is 0. The maximum absolute atomic E-state index is 5.84. The molecule has 0 saturated carbocycles. The number of nitrogens with zero attached hydrogens (tertiary/aromatic N) is 1. The Bertz CT molecular complexity index is 170. The molecule has 70 valence electrons. The van der Waals surface area contributed by atoms with Crippen LogP contribution in [-0.2, 0) is 0 Å². The standard InChI is InChI=1S/C9H17ClN2/c1-7(10)6-12-4-3-9(11)5-8(12)2/h8-9H,1,3-6,11H2,2H3. The summed E-state index contributed by atoms with van der Waals surface area (Å²) in [4.78, 5) is 2.33. The van der Waals surface area contributed by atoms with Gasteiger partial charge in [0.2, 0.25) is 0 Å². The summed E-state index contributed by atoms with van der Waals surface area (Å²) < 4.78 is 0. The second-order valence-corrected chi connectivity index (χ2v) is 4.16. The van der Waals surface area contributed by atoms with Gasteiger partial charge in [-0.05, 0) is 19.8 Å². The van der Waals surface area contributed by atoms with E-state index in [-0.39, 0.29) is 0 Å². The van der Waals surface area contributed by atoms with E-state index in [4.69, 9.17) is 17.3 Å². The number of hydrogen-bond acceptors (Lipinski definition) is 2. The molecule has 0 aromatic heterocycles. The summed E-state index contributed by atoms with van der Waals surface area (Å²) in [6.07, 6.45) is 2.15. The Morgan fingerprint density at radius 1 is 1.75 bits per heavy atom. The smallest absolute Gasteiger partial charge is 0.0338 e. The molecule has 0 aliphatic carbocycles. The molecule has 0 amide bonds. The zero-order valence-corrected chi connectivity index (χ0v) is 8.35. The van der Waals surface area contributed by atoms with Gasteiger partial charge in [-0.3, -0.25) is 4.90 Å². The molecule has 0 aromatic carbocycles. The zero-order chi connectivity index (χ0) is 9.14. The fraction of sp³-hybridized carbons (Fsp3) is 0.778. The van der Waals surface area contributed by atoms with E-state index in [1.165, 1.54) is 0 Å². The van der Waals surface area contributed by atoms with Crippen molar-refractivity contribution in [3.05, 3.63) is 11.6 Å². The molecule has 2 atom stereocenters. The summed E-state index contributed by atoms with van der Waals surface area (Å²) in [5, 5.41) is 0.720. The molecule has 1 aliphatic rings. The van der Waals surface area contributed by atoms with E-state index in [1.807, 2.05) is 0 Å².